The van der Waals surface area contributed by atoms with Gasteiger partial charge >= 0.3 is 0 Å². The average Bonchev–Trinajstić information content (AvgIpc) is 3.13. The third kappa shape index (κ3) is 3.30. The lowest BCUT2D eigenvalue weighted by molar-refractivity contribution is 0.601. The second-order valence-corrected chi connectivity index (χ2v) is 7.15. The molecule has 2 aromatic rings. The number of aromatic nitrogens is 3. The average molecular weight is 311 g/mol. The standard InChI is InChI=1S/C11H13N5O2S2/c17-20(18,16-11-12-3-4-14-15-11)10-5-9(19-7-10)6-13-8-1-2-8/h3-5,7-8,13H,1-2,6H2,(H,12,15,16). The van der Waals surface area contributed by atoms with Gasteiger partial charge in [-0.15, -0.1) is 16.4 Å². The third-order valence-corrected chi connectivity index (χ3v) is 5.18. The Balaban J connectivity index is 1.70. The first kappa shape index (κ1) is 13.4. The van der Waals surface area contributed by atoms with Crippen molar-refractivity contribution in [2.24, 2.45) is 0 Å². The summed E-state index contributed by atoms with van der Waals surface area (Å²) in [5, 5.41) is 12.1. The molecule has 2 heterocycles. The van der Waals surface area contributed by atoms with E-state index in [0.717, 1.165) is 4.88 Å². The molecule has 0 radical (unpaired) electrons. The van der Waals surface area contributed by atoms with E-state index >= 15 is 0 Å². The Kier molecular flexibility index (Phi) is 3.64. The quantitative estimate of drug-likeness (QED) is 0.825. The fraction of sp³-hybridized carbons (Fsp3) is 0.364. The van der Waals surface area contributed by atoms with Gasteiger partial charge in [0, 0.05) is 22.8 Å². The summed E-state index contributed by atoms with van der Waals surface area (Å²) in [5.74, 6) is -0.0312. The van der Waals surface area contributed by atoms with Crippen LogP contribution in [0.3, 0.4) is 0 Å². The maximum atomic E-state index is 12.1. The number of nitrogens with one attached hydrogen (secondary N) is 2. The molecule has 0 aromatic carbocycles. The van der Waals surface area contributed by atoms with Crippen LogP contribution in [-0.2, 0) is 16.6 Å². The van der Waals surface area contributed by atoms with Gasteiger partial charge in [0.2, 0.25) is 0 Å². The minimum atomic E-state index is -3.65. The normalized spacial score (nSPS) is 15.2. The minimum absolute atomic E-state index is 0.0312. The fourth-order valence-corrected chi connectivity index (χ4v) is 3.77. The van der Waals surface area contributed by atoms with Crippen molar-refractivity contribution < 1.29 is 8.42 Å². The molecule has 0 unspecified atom stereocenters. The van der Waals surface area contributed by atoms with E-state index in [1.54, 1.807) is 11.4 Å². The molecule has 1 aliphatic rings. The first-order valence-corrected chi connectivity index (χ1v) is 8.47. The van der Waals surface area contributed by atoms with Gasteiger partial charge < -0.3 is 5.32 Å². The topological polar surface area (TPSA) is 96.9 Å². The molecule has 3 rings (SSSR count). The van der Waals surface area contributed by atoms with Crippen molar-refractivity contribution in [2.75, 3.05) is 4.72 Å². The molecule has 0 aliphatic heterocycles. The van der Waals surface area contributed by atoms with E-state index in [-0.39, 0.29) is 10.8 Å². The van der Waals surface area contributed by atoms with Crippen LogP contribution >= 0.6 is 11.3 Å². The molecule has 106 valence electrons. The van der Waals surface area contributed by atoms with Crippen LogP contribution in [0.4, 0.5) is 5.95 Å². The van der Waals surface area contributed by atoms with E-state index in [9.17, 15) is 8.42 Å². The number of sulfonamides is 1. The van der Waals surface area contributed by atoms with Crippen molar-refractivity contribution >= 4 is 27.3 Å². The van der Waals surface area contributed by atoms with Gasteiger partial charge in [-0.25, -0.2) is 18.1 Å². The molecule has 0 amide bonds. The Morgan fingerprint density at radius 1 is 1.35 bits per heavy atom. The van der Waals surface area contributed by atoms with Crippen LogP contribution in [0.5, 0.6) is 0 Å². The predicted molar refractivity (Wildman–Crippen MR) is 74.8 cm³/mol. The Morgan fingerprint density at radius 2 is 2.20 bits per heavy atom. The van der Waals surface area contributed by atoms with Crippen molar-refractivity contribution in [2.45, 2.75) is 30.3 Å². The highest BCUT2D eigenvalue weighted by Gasteiger charge is 2.21. The summed E-state index contributed by atoms with van der Waals surface area (Å²) in [7, 11) is -3.65. The monoisotopic (exact) mass is 311 g/mol. The zero-order valence-electron chi connectivity index (χ0n) is 10.5. The molecule has 0 spiro atoms. The smallest absolute Gasteiger partial charge is 0.265 e. The van der Waals surface area contributed by atoms with Crippen molar-refractivity contribution in [1.29, 1.82) is 0 Å². The number of thiophene rings is 1. The highest BCUT2D eigenvalue weighted by Crippen LogP contribution is 2.23. The van der Waals surface area contributed by atoms with E-state index < -0.39 is 10.0 Å². The van der Waals surface area contributed by atoms with Gasteiger partial charge in [0.25, 0.3) is 16.0 Å². The number of hydrogen-bond donors (Lipinski definition) is 2. The molecule has 2 aromatic heterocycles. The molecular formula is C11H13N5O2S2. The number of nitrogens with zero attached hydrogens (tertiary/aromatic N) is 3. The van der Waals surface area contributed by atoms with Gasteiger partial charge in [0.15, 0.2) is 0 Å². The molecule has 0 saturated heterocycles. The highest BCUT2D eigenvalue weighted by molar-refractivity contribution is 7.92. The lowest BCUT2D eigenvalue weighted by Crippen LogP contribution is -2.15. The zero-order valence-corrected chi connectivity index (χ0v) is 12.1. The van der Waals surface area contributed by atoms with E-state index in [1.807, 2.05) is 0 Å². The van der Waals surface area contributed by atoms with Crippen LogP contribution in [0.25, 0.3) is 0 Å². The Hall–Kier alpha value is -1.58. The van der Waals surface area contributed by atoms with Crippen LogP contribution in [0.2, 0.25) is 0 Å². The Morgan fingerprint density at radius 3 is 2.90 bits per heavy atom. The van der Waals surface area contributed by atoms with Crippen molar-refractivity contribution in [1.82, 2.24) is 20.5 Å². The Labute approximate surface area is 120 Å². The van der Waals surface area contributed by atoms with E-state index in [1.165, 1.54) is 36.6 Å². The van der Waals surface area contributed by atoms with Crippen LogP contribution in [-0.4, -0.2) is 29.6 Å². The number of anilines is 1. The van der Waals surface area contributed by atoms with Crippen LogP contribution in [0, 0.1) is 0 Å². The third-order valence-electron chi connectivity index (χ3n) is 2.79. The molecule has 0 bridgehead atoms. The second kappa shape index (κ2) is 5.43. The van der Waals surface area contributed by atoms with Gasteiger partial charge in [-0.05, 0) is 18.9 Å². The predicted octanol–water partition coefficient (Wildman–Crippen LogP) is 0.986. The molecule has 2 N–H and O–H groups in total. The SMILES string of the molecule is O=S(=O)(Nc1nccnn1)c1csc(CNC2CC2)c1. The molecule has 7 nitrogen and oxygen atoms in total. The minimum Gasteiger partial charge on any atom is -0.309 e. The second-order valence-electron chi connectivity index (χ2n) is 4.48. The largest absolute Gasteiger partial charge is 0.309 e. The van der Waals surface area contributed by atoms with E-state index in [0.29, 0.717) is 12.6 Å². The molecule has 1 saturated carbocycles. The van der Waals surface area contributed by atoms with Crippen LogP contribution in [0.15, 0.2) is 28.7 Å². The maximum absolute atomic E-state index is 12.1. The number of hydrogen-bond acceptors (Lipinski definition) is 7. The van der Waals surface area contributed by atoms with Gasteiger partial charge in [-0.2, -0.15) is 5.10 Å². The molecular weight excluding hydrogens is 298 g/mol. The summed E-state index contributed by atoms with van der Waals surface area (Å²) in [6, 6.07) is 2.26. The summed E-state index contributed by atoms with van der Waals surface area (Å²) in [6.07, 6.45) is 5.17. The maximum Gasteiger partial charge on any atom is 0.265 e. The fourth-order valence-electron chi connectivity index (χ4n) is 1.60. The van der Waals surface area contributed by atoms with E-state index in [2.05, 4.69) is 25.2 Å². The summed E-state index contributed by atoms with van der Waals surface area (Å²) in [5.41, 5.74) is 0. The lowest BCUT2D eigenvalue weighted by Gasteiger charge is -2.03. The van der Waals surface area contributed by atoms with Crippen molar-refractivity contribution in [3.8, 4) is 0 Å². The lowest BCUT2D eigenvalue weighted by atomic mass is 10.4. The molecule has 0 atom stereocenters. The molecule has 9 heteroatoms. The van der Waals surface area contributed by atoms with Crippen molar-refractivity contribution in [3.63, 3.8) is 0 Å². The Bertz CT molecular complexity index is 682. The molecule has 1 fully saturated rings. The van der Waals surface area contributed by atoms with Gasteiger partial charge in [-0.3, -0.25) is 0 Å². The summed E-state index contributed by atoms with van der Waals surface area (Å²) in [6.45, 7) is 0.703. The first-order valence-electron chi connectivity index (χ1n) is 6.11. The highest BCUT2D eigenvalue weighted by atomic mass is 32.2. The number of rotatable bonds is 6. The molecule has 20 heavy (non-hydrogen) atoms. The van der Waals surface area contributed by atoms with Gasteiger partial charge in [0.1, 0.15) is 0 Å². The van der Waals surface area contributed by atoms with Crippen molar-refractivity contribution in [3.05, 3.63) is 28.7 Å². The van der Waals surface area contributed by atoms with E-state index in [4.69, 9.17) is 0 Å². The summed E-state index contributed by atoms with van der Waals surface area (Å²) < 4.78 is 26.6. The summed E-state index contributed by atoms with van der Waals surface area (Å²) >= 11 is 1.42. The summed E-state index contributed by atoms with van der Waals surface area (Å²) in [4.78, 5) is 5.01. The van der Waals surface area contributed by atoms with Gasteiger partial charge in [0.05, 0.1) is 17.3 Å². The van der Waals surface area contributed by atoms with Gasteiger partial charge in [-0.1, -0.05) is 0 Å². The first-order chi connectivity index (χ1) is 9.63. The zero-order chi connectivity index (χ0) is 14.0. The van der Waals surface area contributed by atoms with Crippen LogP contribution in [0.1, 0.15) is 17.7 Å². The van der Waals surface area contributed by atoms with Crippen LogP contribution < -0.4 is 10.0 Å². The molecule has 1 aliphatic carbocycles.